The van der Waals surface area contributed by atoms with Gasteiger partial charge in [-0.15, -0.1) is 0 Å². The molecule has 0 saturated carbocycles. The van der Waals surface area contributed by atoms with Crippen LogP contribution in [0.4, 0.5) is 8.78 Å². The highest BCUT2D eigenvalue weighted by Gasteiger charge is 2.20. The lowest BCUT2D eigenvalue weighted by Crippen LogP contribution is -2.39. The van der Waals surface area contributed by atoms with E-state index in [-0.39, 0.29) is 24.3 Å². The van der Waals surface area contributed by atoms with Crippen molar-refractivity contribution in [3.05, 3.63) is 86.8 Å². The second-order valence-corrected chi connectivity index (χ2v) is 6.63. The van der Waals surface area contributed by atoms with Gasteiger partial charge in [0.2, 0.25) is 0 Å². The molecule has 0 aliphatic heterocycles. The summed E-state index contributed by atoms with van der Waals surface area (Å²) in [7, 11) is 1.48. The van der Waals surface area contributed by atoms with Gasteiger partial charge in [0.25, 0.3) is 5.56 Å². The second kappa shape index (κ2) is 7.58. The first-order valence-corrected chi connectivity index (χ1v) is 9.24. The van der Waals surface area contributed by atoms with Crippen molar-refractivity contribution < 1.29 is 13.5 Å². The number of methoxy groups -OCH3 is 1. The molecule has 154 valence electrons. The van der Waals surface area contributed by atoms with Crippen LogP contribution < -0.4 is 16.0 Å². The van der Waals surface area contributed by atoms with Gasteiger partial charge in [0.05, 0.1) is 19.1 Å². The van der Waals surface area contributed by atoms with E-state index in [9.17, 15) is 18.4 Å². The molecule has 0 bridgehead atoms. The van der Waals surface area contributed by atoms with Crippen LogP contribution in [0, 0.1) is 11.6 Å². The molecule has 0 unspecified atom stereocenters. The molecular weight excluding hydrogens is 394 g/mol. The molecule has 0 aliphatic rings. The van der Waals surface area contributed by atoms with E-state index < -0.39 is 22.9 Å². The van der Waals surface area contributed by atoms with Crippen molar-refractivity contribution >= 4 is 11.2 Å². The summed E-state index contributed by atoms with van der Waals surface area (Å²) in [5, 5.41) is 0. The van der Waals surface area contributed by atoms with Crippen LogP contribution in [-0.4, -0.2) is 25.8 Å². The summed E-state index contributed by atoms with van der Waals surface area (Å²) in [6.45, 7) is 1.92. The highest BCUT2D eigenvalue weighted by atomic mass is 19.2. The molecule has 0 aliphatic carbocycles. The molecule has 30 heavy (non-hydrogen) atoms. The number of rotatable bonds is 5. The molecule has 2 aromatic heterocycles. The molecular formula is C21H18F2N4O3. The zero-order chi connectivity index (χ0) is 21.4. The maximum absolute atomic E-state index is 13.6. The number of hydrogen-bond donors (Lipinski definition) is 0. The Morgan fingerprint density at radius 1 is 1.07 bits per heavy atom. The summed E-state index contributed by atoms with van der Waals surface area (Å²) in [6.07, 6.45) is 1.40. The molecule has 0 fully saturated rings. The number of nitrogens with zero attached hydrogens (tertiary/aromatic N) is 4. The predicted octanol–water partition coefficient (Wildman–Crippen LogP) is 2.70. The van der Waals surface area contributed by atoms with Gasteiger partial charge in [-0.2, -0.15) is 0 Å². The van der Waals surface area contributed by atoms with Gasteiger partial charge in [-0.05, 0) is 36.8 Å². The smallest absolute Gasteiger partial charge is 0.337 e. The van der Waals surface area contributed by atoms with E-state index in [0.29, 0.717) is 17.0 Å². The average Bonchev–Trinajstić information content (AvgIpc) is 3.15. The van der Waals surface area contributed by atoms with E-state index in [1.165, 1.54) is 28.6 Å². The largest absolute Gasteiger partial charge is 0.495 e. The topological polar surface area (TPSA) is 71.1 Å². The summed E-state index contributed by atoms with van der Waals surface area (Å²) in [6, 6.07) is 10.4. The minimum atomic E-state index is -0.978. The highest BCUT2D eigenvalue weighted by molar-refractivity contribution is 5.73. The first-order valence-electron chi connectivity index (χ1n) is 9.24. The number of ether oxygens (including phenoxy) is 1. The Balaban J connectivity index is 2.00. The molecule has 0 spiro atoms. The van der Waals surface area contributed by atoms with Gasteiger partial charge >= 0.3 is 5.69 Å². The summed E-state index contributed by atoms with van der Waals surface area (Å²) in [5.74, 6) is -1.49. The Kier molecular flexibility index (Phi) is 4.94. The maximum Gasteiger partial charge on any atom is 0.337 e. The molecule has 9 heteroatoms. The van der Waals surface area contributed by atoms with Gasteiger partial charge in [0, 0.05) is 13.1 Å². The monoisotopic (exact) mass is 412 g/mol. The lowest BCUT2D eigenvalue weighted by atomic mass is 10.2. The number of hydrogen-bond acceptors (Lipinski definition) is 4. The highest BCUT2D eigenvalue weighted by Crippen LogP contribution is 2.23. The standard InChI is InChI=1S/C21H18F2N4O3/c1-3-26-20(28)18-19(27(21(26)29)16-6-4-5-7-17(16)30-2)24-12-25(18)11-13-8-9-14(22)15(23)10-13/h4-10,12H,3,11H2,1-2H3. The molecule has 0 N–H and O–H groups in total. The fourth-order valence-electron chi connectivity index (χ4n) is 3.44. The molecule has 0 radical (unpaired) electrons. The van der Waals surface area contributed by atoms with Crippen LogP contribution in [0.25, 0.3) is 16.9 Å². The zero-order valence-corrected chi connectivity index (χ0v) is 16.3. The second-order valence-electron chi connectivity index (χ2n) is 6.63. The van der Waals surface area contributed by atoms with Crippen LogP contribution in [0.5, 0.6) is 5.75 Å². The van der Waals surface area contributed by atoms with Gasteiger partial charge in [0.1, 0.15) is 5.75 Å². The van der Waals surface area contributed by atoms with Gasteiger partial charge < -0.3 is 9.30 Å². The van der Waals surface area contributed by atoms with Crippen molar-refractivity contribution in [2.45, 2.75) is 20.0 Å². The van der Waals surface area contributed by atoms with E-state index in [0.717, 1.165) is 16.7 Å². The average molecular weight is 412 g/mol. The van der Waals surface area contributed by atoms with Crippen LogP contribution in [0.2, 0.25) is 0 Å². The number of aromatic nitrogens is 4. The number of imidazole rings is 1. The molecule has 7 nitrogen and oxygen atoms in total. The molecule has 2 heterocycles. The van der Waals surface area contributed by atoms with Crippen molar-refractivity contribution in [2.24, 2.45) is 0 Å². The molecule has 0 amide bonds. The molecule has 4 aromatic rings. The number of halogens is 2. The quantitative estimate of drug-likeness (QED) is 0.505. The third-order valence-electron chi connectivity index (χ3n) is 4.88. The fraction of sp³-hybridized carbons (Fsp3) is 0.190. The Labute approximate surface area is 169 Å². The van der Waals surface area contributed by atoms with Gasteiger partial charge in [-0.1, -0.05) is 18.2 Å². The number of benzene rings is 2. The van der Waals surface area contributed by atoms with E-state index in [1.807, 2.05) is 0 Å². The van der Waals surface area contributed by atoms with Crippen molar-refractivity contribution in [3.63, 3.8) is 0 Å². The summed E-state index contributed by atoms with van der Waals surface area (Å²) >= 11 is 0. The normalized spacial score (nSPS) is 11.2. The van der Waals surface area contributed by atoms with Crippen molar-refractivity contribution in [1.29, 1.82) is 0 Å². The van der Waals surface area contributed by atoms with E-state index in [4.69, 9.17) is 4.74 Å². The first kappa shape index (κ1) is 19.6. The van der Waals surface area contributed by atoms with E-state index >= 15 is 0 Å². The summed E-state index contributed by atoms with van der Waals surface area (Å²) in [4.78, 5) is 30.4. The predicted molar refractivity (Wildman–Crippen MR) is 107 cm³/mol. The third kappa shape index (κ3) is 3.08. The van der Waals surface area contributed by atoms with Gasteiger partial charge in [-0.3, -0.25) is 9.36 Å². The minimum Gasteiger partial charge on any atom is -0.495 e. The number of fused-ring (bicyclic) bond motifs is 1. The Bertz CT molecular complexity index is 1370. The van der Waals surface area contributed by atoms with Crippen molar-refractivity contribution in [1.82, 2.24) is 18.7 Å². The Morgan fingerprint density at radius 2 is 1.83 bits per heavy atom. The van der Waals surface area contributed by atoms with Crippen LogP contribution in [-0.2, 0) is 13.1 Å². The molecule has 0 saturated heterocycles. The SMILES string of the molecule is CCn1c(=O)c2c(ncn2Cc2ccc(F)c(F)c2)n(-c2ccccc2OC)c1=O. The first-order chi connectivity index (χ1) is 14.5. The van der Waals surface area contributed by atoms with E-state index in [2.05, 4.69) is 4.98 Å². The Morgan fingerprint density at radius 3 is 2.53 bits per heavy atom. The van der Waals surface area contributed by atoms with Crippen LogP contribution >= 0.6 is 0 Å². The molecule has 4 rings (SSSR count). The van der Waals surface area contributed by atoms with Gasteiger partial charge in [0.15, 0.2) is 22.8 Å². The van der Waals surface area contributed by atoms with Crippen LogP contribution in [0.1, 0.15) is 12.5 Å². The lowest BCUT2D eigenvalue weighted by molar-refractivity contribution is 0.412. The zero-order valence-electron chi connectivity index (χ0n) is 16.3. The lowest BCUT2D eigenvalue weighted by Gasteiger charge is -2.14. The minimum absolute atomic E-state index is 0.0801. The fourth-order valence-corrected chi connectivity index (χ4v) is 3.44. The molecule has 0 atom stereocenters. The van der Waals surface area contributed by atoms with Gasteiger partial charge in [-0.25, -0.2) is 23.1 Å². The Hall–Kier alpha value is -3.75. The van der Waals surface area contributed by atoms with E-state index in [1.54, 1.807) is 31.2 Å². The van der Waals surface area contributed by atoms with Crippen LogP contribution in [0.15, 0.2) is 58.4 Å². The third-order valence-corrected chi connectivity index (χ3v) is 4.88. The summed E-state index contributed by atoms with van der Waals surface area (Å²) in [5.41, 5.74) is 0.163. The van der Waals surface area contributed by atoms with Crippen LogP contribution in [0.3, 0.4) is 0 Å². The number of para-hydroxylation sites is 2. The molecule has 2 aromatic carbocycles. The summed E-state index contributed by atoms with van der Waals surface area (Å²) < 4.78 is 36.2. The van der Waals surface area contributed by atoms with Crippen molar-refractivity contribution in [2.75, 3.05) is 7.11 Å². The maximum atomic E-state index is 13.6. The van der Waals surface area contributed by atoms with Crippen molar-refractivity contribution in [3.8, 4) is 11.4 Å².